The predicted molar refractivity (Wildman–Crippen MR) is 61.6 cm³/mol. The monoisotopic (exact) mass is 239 g/mol. The Kier molecular flexibility index (Phi) is 5.19. The van der Waals surface area contributed by atoms with E-state index in [2.05, 4.69) is 10.4 Å². The largest absolute Gasteiger partial charge is 0.481 e. The van der Waals surface area contributed by atoms with Crippen molar-refractivity contribution in [1.82, 2.24) is 15.1 Å². The van der Waals surface area contributed by atoms with E-state index < -0.39 is 5.97 Å². The van der Waals surface area contributed by atoms with E-state index >= 15 is 0 Å². The topological polar surface area (TPSA) is 84.2 Å². The number of hydrogen-bond donors (Lipinski definition) is 2. The van der Waals surface area contributed by atoms with Crippen molar-refractivity contribution in [2.45, 2.75) is 25.7 Å². The van der Waals surface area contributed by atoms with Crippen molar-refractivity contribution in [1.29, 1.82) is 0 Å². The number of carbonyl (C=O) groups excluding carboxylic acids is 1. The van der Waals surface area contributed by atoms with E-state index in [9.17, 15) is 9.59 Å². The molecule has 94 valence electrons. The molecule has 0 fully saturated rings. The minimum absolute atomic E-state index is 0.189. The number of hydrogen-bond acceptors (Lipinski definition) is 3. The molecule has 0 aliphatic rings. The van der Waals surface area contributed by atoms with Crippen LogP contribution in [0, 0.1) is 0 Å². The molecule has 1 amide bonds. The first-order chi connectivity index (χ1) is 8.09. The van der Waals surface area contributed by atoms with Crippen molar-refractivity contribution in [2.24, 2.45) is 7.05 Å². The summed E-state index contributed by atoms with van der Waals surface area (Å²) in [4.78, 5) is 21.8. The fourth-order valence-corrected chi connectivity index (χ4v) is 1.41. The molecule has 0 spiro atoms. The van der Waals surface area contributed by atoms with Crippen LogP contribution in [0.25, 0.3) is 0 Å². The minimum atomic E-state index is -0.775. The molecule has 0 radical (unpaired) electrons. The molecular formula is C11H17N3O3. The SMILES string of the molecule is Cn1ccc(C(=O)NCCCCCC(=O)O)n1. The highest BCUT2D eigenvalue weighted by Gasteiger charge is 2.07. The van der Waals surface area contributed by atoms with Crippen molar-refractivity contribution in [3.63, 3.8) is 0 Å². The molecule has 0 aliphatic heterocycles. The van der Waals surface area contributed by atoms with E-state index in [1.807, 2.05) is 0 Å². The highest BCUT2D eigenvalue weighted by molar-refractivity contribution is 5.92. The summed E-state index contributed by atoms with van der Waals surface area (Å²) in [5.41, 5.74) is 0.401. The maximum absolute atomic E-state index is 11.5. The van der Waals surface area contributed by atoms with Crippen molar-refractivity contribution >= 4 is 11.9 Å². The lowest BCUT2D eigenvalue weighted by atomic mass is 10.2. The van der Waals surface area contributed by atoms with Gasteiger partial charge in [-0.15, -0.1) is 0 Å². The van der Waals surface area contributed by atoms with Gasteiger partial charge in [0.2, 0.25) is 0 Å². The number of unbranched alkanes of at least 4 members (excludes halogenated alkanes) is 2. The van der Waals surface area contributed by atoms with Crippen molar-refractivity contribution in [2.75, 3.05) is 6.54 Å². The molecule has 1 aromatic heterocycles. The van der Waals surface area contributed by atoms with Gasteiger partial charge in [-0.1, -0.05) is 6.42 Å². The number of rotatable bonds is 7. The number of aromatic nitrogens is 2. The van der Waals surface area contributed by atoms with Gasteiger partial charge in [-0.2, -0.15) is 5.10 Å². The van der Waals surface area contributed by atoms with Crippen LogP contribution in [0.4, 0.5) is 0 Å². The van der Waals surface area contributed by atoms with E-state index in [0.29, 0.717) is 18.7 Å². The van der Waals surface area contributed by atoms with Gasteiger partial charge in [-0.3, -0.25) is 14.3 Å². The Morgan fingerprint density at radius 3 is 2.76 bits per heavy atom. The number of nitrogens with zero attached hydrogens (tertiary/aromatic N) is 2. The van der Waals surface area contributed by atoms with Crippen LogP contribution >= 0.6 is 0 Å². The number of nitrogens with one attached hydrogen (secondary N) is 1. The Hall–Kier alpha value is -1.85. The van der Waals surface area contributed by atoms with Gasteiger partial charge in [0.05, 0.1) is 0 Å². The van der Waals surface area contributed by atoms with Gasteiger partial charge in [0, 0.05) is 26.2 Å². The number of carboxylic acid groups (broad SMARTS) is 1. The van der Waals surface area contributed by atoms with E-state index in [0.717, 1.165) is 12.8 Å². The number of amides is 1. The van der Waals surface area contributed by atoms with E-state index in [1.165, 1.54) is 0 Å². The third kappa shape index (κ3) is 5.14. The zero-order chi connectivity index (χ0) is 12.7. The molecule has 0 aliphatic carbocycles. The highest BCUT2D eigenvalue weighted by Crippen LogP contribution is 1.99. The number of carboxylic acids is 1. The molecule has 0 aromatic carbocycles. The van der Waals surface area contributed by atoms with Crippen LogP contribution in [-0.2, 0) is 11.8 Å². The highest BCUT2D eigenvalue weighted by atomic mass is 16.4. The Morgan fingerprint density at radius 1 is 1.41 bits per heavy atom. The normalized spacial score (nSPS) is 10.2. The zero-order valence-electron chi connectivity index (χ0n) is 9.85. The maximum Gasteiger partial charge on any atom is 0.303 e. The second-order valence-corrected chi connectivity index (χ2v) is 3.83. The lowest BCUT2D eigenvalue weighted by Crippen LogP contribution is -2.25. The smallest absolute Gasteiger partial charge is 0.303 e. The van der Waals surface area contributed by atoms with Crippen LogP contribution in [-0.4, -0.2) is 33.3 Å². The predicted octanol–water partition coefficient (Wildman–Crippen LogP) is 0.795. The quantitative estimate of drug-likeness (QED) is 0.689. The first-order valence-corrected chi connectivity index (χ1v) is 5.59. The molecule has 6 heteroatoms. The summed E-state index contributed by atoms with van der Waals surface area (Å²) in [6.07, 6.45) is 4.13. The minimum Gasteiger partial charge on any atom is -0.481 e. The van der Waals surface area contributed by atoms with Gasteiger partial charge in [-0.05, 0) is 18.9 Å². The van der Waals surface area contributed by atoms with E-state index in [1.54, 1.807) is 24.0 Å². The lowest BCUT2D eigenvalue weighted by Gasteiger charge is -2.02. The van der Waals surface area contributed by atoms with Crippen molar-refractivity contribution in [3.8, 4) is 0 Å². The standard InChI is InChI=1S/C11H17N3O3/c1-14-8-6-9(13-14)11(17)12-7-4-2-3-5-10(15)16/h6,8H,2-5,7H2,1H3,(H,12,17)(H,15,16). The summed E-state index contributed by atoms with van der Waals surface area (Å²) < 4.78 is 1.57. The van der Waals surface area contributed by atoms with Gasteiger partial charge >= 0.3 is 5.97 Å². The third-order valence-electron chi connectivity index (χ3n) is 2.30. The summed E-state index contributed by atoms with van der Waals surface area (Å²) in [5, 5.41) is 15.1. The van der Waals surface area contributed by atoms with Gasteiger partial charge < -0.3 is 10.4 Å². The first kappa shape index (κ1) is 13.2. The van der Waals surface area contributed by atoms with Crippen LogP contribution in [0.3, 0.4) is 0 Å². The van der Waals surface area contributed by atoms with Gasteiger partial charge in [0.15, 0.2) is 0 Å². The van der Waals surface area contributed by atoms with Crippen molar-refractivity contribution < 1.29 is 14.7 Å². The number of aliphatic carboxylic acids is 1. The molecule has 1 rings (SSSR count). The summed E-state index contributed by atoms with van der Waals surface area (Å²) in [7, 11) is 1.75. The molecule has 17 heavy (non-hydrogen) atoms. The van der Waals surface area contributed by atoms with Gasteiger partial charge in [-0.25, -0.2) is 0 Å². The molecule has 0 atom stereocenters. The van der Waals surface area contributed by atoms with E-state index in [4.69, 9.17) is 5.11 Å². The molecule has 1 heterocycles. The summed E-state index contributed by atoms with van der Waals surface area (Å²) >= 11 is 0. The number of aryl methyl sites for hydroxylation is 1. The maximum atomic E-state index is 11.5. The average Bonchev–Trinajstić information content (AvgIpc) is 2.69. The van der Waals surface area contributed by atoms with Crippen LogP contribution in [0.2, 0.25) is 0 Å². The fourth-order valence-electron chi connectivity index (χ4n) is 1.41. The number of carbonyl (C=O) groups is 2. The fraction of sp³-hybridized carbons (Fsp3) is 0.545. The molecule has 0 unspecified atom stereocenters. The third-order valence-corrected chi connectivity index (χ3v) is 2.30. The van der Waals surface area contributed by atoms with Gasteiger partial charge in [0.1, 0.15) is 5.69 Å². The van der Waals surface area contributed by atoms with Gasteiger partial charge in [0.25, 0.3) is 5.91 Å². The lowest BCUT2D eigenvalue weighted by molar-refractivity contribution is -0.137. The Labute approximate surface area is 99.6 Å². The molecule has 1 aromatic rings. The Bertz CT molecular complexity index is 387. The zero-order valence-corrected chi connectivity index (χ0v) is 9.85. The summed E-state index contributed by atoms with van der Waals surface area (Å²) in [5.74, 6) is -0.966. The summed E-state index contributed by atoms with van der Waals surface area (Å²) in [6.45, 7) is 0.551. The molecule has 0 bridgehead atoms. The van der Waals surface area contributed by atoms with Crippen LogP contribution in [0.1, 0.15) is 36.2 Å². The van der Waals surface area contributed by atoms with E-state index in [-0.39, 0.29) is 12.3 Å². The second kappa shape index (κ2) is 6.67. The molecule has 0 saturated carbocycles. The second-order valence-electron chi connectivity index (χ2n) is 3.83. The van der Waals surface area contributed by atoms with Crippen LogP contribution in [0.15, 0.2) is 12.3 Å². The molecule has 6 nitrogen and oxygen atoms in total. The molecule has 0 saturated heterocycles. The van der Waals surface area contributed by atoms with Crippen LogP contribution < -0.4 is 5.32 Å². The van der Waals surface area contributed by atoms with Crippen molar-refractivity contribution in [3.05, 3.63) is 18.0 Å². The molecular weight excluding hydrogens is 222 g/mol. The summed E-state index contributed by atoms with van der Waals surface area (Å²) in [6, 6.07) is 1.65. The first-order valence-electron chi connectivity index (χ1n) is 5.59. The Balaban J connectivity index is 2.11. The average molecular weight is 239 g/mol. The Morgan fingerprint density at radius 2 is 2.18 bits per heavy atom. The van der Waals surface area contributed by atoms with Crippen LogP contribution in [0.5, 0.6) is 0 Å². The molecule has 2 N–H and O–H groups in total.